The number of imide groups is 1. The maximum atomic E-state index is 12.8. The van der Waals surface area contributed by atoms with Gasteiger partial charge >= 0.3 is 0 Å². The van der Waals surface area contributed by atoms with Gasteiger partial charge in [-0.15, -0.1) is 0 Å². The van der Waals surface area contributed by atoms with Gasteiger partial charge in [-0.3, -0.25) is 19.3 Å². The highest BCUT2D eigenvalue weighted by Crippen LogP contribution is 2.37. The topological polar surface area (TPSA) is 95.9 Å². The normalized spacial score (nSPS) is 14.9. The van der Waals surface area contributed by atoms with E-state index < -0.39 is 23.6 Å². The number of benzene rings is 3. The fourth-order valence-electron chi connectivity index (χ4n) is 3.28. The summed E-state index contributed by atoms with van der Waals surface area (Å²) in [5.41, 5.74) is 1.15. The van der Waals surface area contributed by atoms with E-state index in [9.17, 15) is 19.5 Å². The monoisotopic (exact) mass is 512 g/mol. The summed E-state index contributed by atoms with van der Waals surface area (Å²) in [6, 6.07) is 16.1. The van der Waals surface area contributed by atoms with Crippen molar-refractivity contribution in [3.05, 3.63) is 69.5 Å². The molecule has 4 rings (SSSR count). The summed E-state index contributed by atoms with van der Waals surface area (Å²) in [6.07, 6.45) is 1.51. The van der Waals surface area contributed by atoms with Gasteiger partial charge in [0, 0.05) is 15.5 Å². The molecule has 3 amide bonds. The van der Waals surface area contributed by atoms with Crippen molar-refractivity contribution in [3.63, 3.8) is 0 Å². The van der Waals surface area contributed by atoms with Crippen molar-refractivity contribution in [2.45, 2.75) is 0 Å². The largest absolute Gasteiger partial charge is 0.504 e. The van der Waals surface area contributed by atoms with Crippen LogP contribution < -0.4 is 10.1 Å². The molecule has 1 aliphatic rings. The minimum atomic E-state index is -0.563. The second-order valence-corrected chi connectivity index (χ2v) is 8.74. The Morgan fingerprint density at radius 3 is 2.72 bits per heavy atom. The van der Waals surface area contributed by atoms with Gasteiger partial charge in [-0.1, -0.05) is 52.3 Å². The number of anilines is 1. The zero-order valence-electron chi connectivity index (χ0n) is 16.8. The molecule has 0 spiro atoms. The molecule has 0 bridgehead atoms. The van der Waals surface area contributed by atoms with Gasteiger partial charge in [-0.25, -0.2) is 0 Å². The minimum Gasteiger partial charge on any atom is -0.504 e. The molecule has 0 radical (unpaired) electrons. The standard InChI is InChI=1S/C23H17BrN2O5S/c1-31-19-9-14(16(24)11-18(19)27)10-20-22(29)26(23(30)32-20)12-21(28)25-17-8-4-6-13-5-2-3-7-15(13)17/h2-11,27H,12H2,1H3,(H,25,28)/b20-10-. The number of amides is 3. The third-order valence-corrected chi connectivity index (χ3v) is 6.42. The zero-order chi connectivity index (χ0) is 22.8. The van der Waals surface area contributed by atoms with Crippen molar-refractivity contribution in [2.75, 3.05) is 19.0 Å². The number of thioether (sulfide) groups is 1. The SMILES string of the molecule is COc1cc(/C=C2\SC(=O)N(CC(=O)Nc3cccc4ccccc34)C2=O)c(Br)cc1O. The quantitative estimate of drug-likeness (QED) is 0.467. The Balaban J connectivity index is 1.52. The Bertz CT molecular complexity index is 1290. The summed E-state index contributed by atoms with van der Waals surface area (Å²) in [5.74, 6) is -0.868. The van der Waals surface area contributed by atoms with E-state index in [1.54, 1.807) is 12.1 Å². The number of carbonyl (C=O) groups is 3. The highest BCUT2D eigenvalue weighted by atomic mass is 79.9. The number of phenolic OH excluding ortho intramolecular Hbond substituents is 1. The lowest BCUT2D eigenvalue weighted by Gasteiger charge is -2.13. The molecule has 0 unspecified atom stereocenters. The zero-order valence-corrected chi connectivity index (χ0v) is 19.2. The molecule has 0 atom stereocenters. The summed E-state index contributed by atoms with van der Waals surface area (Å²) in [7, 11) is 1.41. The van der Waals surface area contributed by atoms with E-state index in [4.69, 9.17) is 4.74 Å². The number of aromatic hydroxyl groups is 1. The number of fused-ring (bicyclic) bond motifs is 1. The molecule has 0 aromatic heterocycles. The van der Waals surface area contributed by atoms with Crippen LogP contribution in [-0.4, -0.2) is 40.7 Å². The Labute approximate surface area is 196 Å². The number of rotatable bonds is 5. The van der Waals surface area contributed by atoms with E-state index in [-0.39, 0.29) is 16.4 Å². The average Bonchev–Trinajstić information content (AvgIpc) is 3.03. The summed E-state index contributed by atoms with van der Waals surface area (Å²) in [4.78, 5) is 38.9. The molecule has 1 aliphatic heterocycles. The van der Waals surface area contributed by atoms with Crippen LogP contribution in [0.3, 0.4) is 0 Å². The van der Waals surface area contributed by atoms with Crippen LogP contribution in [0.25, 0.3) is 16.8 Å². The number of halogens is 1. The van der Waals surface area contributed by atoms with Crippen molar-refractivity contribution in [3.8, 4) is 11.5 Å². The minimum absolute atomic E-state index is 0.0604. The number of hydrogen-bond acceptors (Lipinski definition) is 6. The van der Waals surface area contributed by atoms with E-state index in [0.29, 0.717) is 15.7 Å². The molecule has 7 nitrogen and oxygen atoms in total. The van der Waals surface area contributed by atoms with E-state index in [2.05, 4.69) is 21.2 Å². The second-order valence-electron chi connectivity index (χ2n) is 6.89. The molecular weight excluding hydrogens is 496 g/mol. The van der Waals surface area contributed by atoms with Crippen molar-refractivity contribution < 1.29 is 24.2 Å². The predicted octanol–water partition coefficient (Wildman–Crippen LogP) is 4.99. The summed E-state index contributed by atoms with van der Waals surface area (Å²) in [6.45, 7) is -0.398. The summed E-state index contributed by atoms with van der Waals surface area (Å²) < 4.78 is 5.62. The first-order chi connectivity index (χ1) is 15.4. The third kappa shape index (κ3) is 4.35. The van der Waals surface area contributed by atoms with Crippen LogP contribution in [0, 0.1) is 0 Å². The molecule has 0 saturated carbocycles. The lowest BCUT2D eigenvalue weighted by atomic mass is 10.1. The number of methoxy groups -OCH3 is 1. The number of nitrogens with zero attached hydrogens (tertiary/aromatic N) is 1. The number of ether oxygens (including phenoxy) is 1. The average molecular weight is 513 g/mol. The first-order valence-corrected chi connectivity index (χ1v) is 11.1. The summed E-state index contributed by atoms with van der Waals surface area (Å²) >= 11 is 4.07. The lowest BCUT2D eigenvalue weighted by molar-refractivity contribution is -0.127. The molecule has 9 heteroatoms. The Morgan fingerprint density at radius 1 is 1.19 bits per heavy atom. The number of carbonyl (C=O) groups excluding carboxylic acids is 3. The van der Waals surface area contributed by atoms with Gasteiger partial charge in [0.25, 0.3) is 11.1 Å². The maximum absolute atomic E-state index is 12.8. The van der Waals surface area contributed by atoms with Crippen LogP contribution in [0.15, 0.2) is 64.0 Å². The van der Waals surface area contributed by atoms with Gasteiger partial charge in [0.1, 0.15) is 6.54 Å². The number of nitrogens with one attached hydrogen (secondary N) is 1. The molecule has 0 aliphatic carbocycles. The van der Waals surface area contributed by atoms with Crippen LogP contribution in [0.1, 0.15) is 5.56 Å². The molecule has 1 saturated heterocycles. The van der Waals surface area contributed by atoms with E-state index in [1.165, 1.54) is 19.3 Å². The molecule has 1 fully saturated rings. The summed E-state index contributed by atoms with van der Waals surface area (Å²) in [5, 5.41) is 13.9. The number of hydrogen-bond donors (Lipinski definition) is 2. The van der Waals surface area contributed by atoms with Crippen molar-refractivity contribution in [2.24, 2.45) is 0 Å². The molecule has 2 N–H and O–H groups in total. The van der Waals surface area contributed by atoms with Crippen LogP contribution in [0.2, 0.25) is 0 Å². The van der Waals surface area contributed by atoms with Gasteiger partial charge in [0.2, 0.25) is 5.91 Å². The van der Waals surface area contributed by atoms with Gasteiger partial charge in [0.05, 0.1) is 12.0 Å². The van der Waals surface area contributed by atoms with Crippen molar-refractivity contribution in [1.29, 1.82) is 0 Å². The van der Waals surface area contributed by atoms with E-state index in [0.717, 1.165) is 27.4 Å². The maximum Gasteiger partial charge on any atom is 0.294 e. The highest BCUT2D eigenvalue weighted by Gasteiger charge is 2.36. The fraction of sp³-hybridized carbons (Fsp3) is 0.0870. The smallest absolute Gasteiger partial charge is 0.294 e. The van der Waals surface area contributed by atoms with E-state index >= 15 is 0 Å². The van der Waals surface area contributed by atoms with Gasteiger partial charge < -0.3 is 15.2 Å². The lowest BCUT2D eigenvalue weighted by Crippen LogP contribution is -2.36. The van der Waals surface area contributed by atoms with Crippen molar-refractivity contribution >= 4 is 67.3 Å². The first kappa shape index (κ1) is 21.9. The van der Waals surface area contributed by atoms with Crippen LogP contribution >= 0.6 is 27.7 Å². The second kappa shape index (κ2) is 9.05. The molecule has 162 valence electrons. The van der Waals surface area contributed by atoms with E-state index in [1.807, 2.05) is 36.4 Å². The van der Waals surface area contributed by atoms with Gasteiger partial charge in [-0.05, 0) is 47.0 Å². The fourth-order valence-corrected chi connectivity index (χ4v) is 4.55. The Kier molecular flexibility index (Phi) is 6.20. The van der Waals surface area contributed by atoms with Crippen LogP contribution in [0.5, 0.6) is 11.5 Å². The molecule has 3 aromatic rings. The number of phenols is 1. The Hall–Kier alpha value is -3.30. The molecular formula is C23H17BrN2O5S. The van der Waals surface area contributed by atoms with Crippen LogP contribution in [0.4, 0.5) is 10.5 Å². The molecule has 3 aromatic carbocycles. The first-order valence-electron chi connectivity index (χ1n) is 9.47. The van der Waals surface area contributed by atoms with Crippen molar-refractivity contribution in [1.82, 2.24) is 4.90 Å². The third-order valence-electron chi connectivity index (χ3n) is 4.82. The highest BCUT2D eigenvalue weighted by molar-refractivity contribution is 9.10. The van der Waals surface area contributed by atoms with Gasteiger partial charge in [0.15, 0.2) is 11.5 Å². The van der Waals surface area contributed by atoms with Crippen LogP contribution in [-0.2, 0) is 9.59 Å². The molecule has 32 heavy (non-hydrogen) atoms. The van der Waals surface area contributed by atoms with Gasteiger partial charge in [-0.2, -0.15) is 0 Å². The predicted molar refractivity (Wildman–Crippen MR) is 128 cm³/mol. The molecule has 1 heterocycles. The Morgan fingerprint density at radius 2 is 1.94 bits per heavy atom.